The summed E-state index contributed by atoms with van der Waals surface area (Å²) in [6.45, 7) is 4.63. The van der Waals surface area contributed by atoms with Gasteiger partial charge in [0.1, 0.15) is 0 Å². The van der Waals surface area contributed by atoms with Crippen LogP contribution < -0.4 is 10.6 Å². The van der Waals surface area contributed by atoms with Crippen LogP contribution in [0.4, 0.5) is 11.9 Å². The van der Waals surface area contributed by atoms with Gasteiger partial charge in [0, 0.05) is 18.9 Å². The average Bonchev–Trinajstić information content (AvgIpc) is 2.99. The van der Waals surface area contributed by atoms with Crippen molar-refractivity contribution in [2.24, 2.45) is 5.92 Å². The maximum Gasteiger partial charge on any atom is 0.229 e. The van der Waals surface area contributed by atoms with Gasteiger partial charge in [-0.2, -0.15) is 19.6 Å². The van der Waals surface area contributed by atoms with Gasteiger partial charge in [0.15, 0.2) is 5.65 Å². The van der Waals surface area contributed by atoms with Crippen molar-refractivity contribution in [2.45, 2.75) is 26.4 Å². The lowest BCUT2D eigenvalue weighted by Gasteiger charge is -2.20. The zero-order chi connectivity index (χ0) is 17.8. The molecule has 3 aromatic heterocycles. The van der Waals surface area contributed by atoms with Crippen LogP contribution in [0.1, 0.15) is 19.4 Å². The van der Waals surface area contributed by atoms with Crippen LogP contribution in [-0.2, 0) is 6.54 Å². The fourth-order valence-electron chi connectivity index (χ4n) is 2.30. The van der Waals surface area contributed by atoms with E-state index in [1.54, 1.807) is 23.1 Å². The summed E-state index contributed by atoms with van der Waals surface area (Å²) in [4.78, 5) is 13.1. The fraction of sp³-hybridized carbons (Fsp3) is 0.375. The number of fused-ring (bicyclic) bond motifs is 1. The first-order chi connectivity index (χ1) is 12.1. The zero-order valence-corrected chi connectivity index (χ0v) is 15.6. The van der Waals surface area contributed by atoms with Crippen molar-refractivity contribution in [2.75, 3.05) is 17.2 Å². The lowest BCUT2D eigenvalue weighted by atomic mass is 10.1. The maximum absolute atomic E-state index is 9.54. The van der Waals surface area contributed by atoms with Gasteiger partial charge >= 0.3 is 0 Å². The number of nitrogens with zero attached hydrogens (tertiary/aromatic N) is 5. The predicted molar refractivity (Wildman–Crippen MR) is 99.4 cm³/mol. The van der Waals surface area contributed by atoms with Gasteiger partial charge in [-0.1, -0.05) is 19.9 Å². The van der Waals surface area contributed by atoms with E-state index in [9.17, 15) is 5.11 Å². The predicted octanol–water partition coefficient (Wildman–Crippen LogP) is 2.32. The molecule has 3 heterocycles. The van der Waals surface area contributed by atoms with Crippen LogP contribution in [-0.4, -0.2) is 42.3 Å². The average molecular weight is 406 g/mol. The Kier molecular flexibility index (Phi) is 5.44. The summed E-state index contributed by atoms with van der Waals surface area (Å²) >= 11 is 3.45. The highest BCUT2D eigenvalue weighted by Crippen LogP contribution is 2.21. The minimum Gasteiger partial charge on any atom is -0.394 e. The molecule has 3 rings (SSSR count). The highest BCUT2D eigenvalue weighted by atomic mass is 79.9. The van der Waals surface area contributed by atoms with E-state index in [4.69, 9.17) is 0 Å². The zero-order valence-electron chi connectivity index (χ0n) is 14.0. The van der Waals surface area contributed by atoms with Gasteiger partial charge < -0.3 is 15.7 Å². The van der Waals surface area contributed by atoms with E-state index in [1.165, 1.54) is 0 Å². The van der Waals surface area contributed by atoms with Crippen molar-refractivity contribution in [1.29, 1.82) is 0 Å². The summed E-state index contributed by atoms with van der Waals surface area (Å²) < 4.78 is 2.40. The lowest BCUT2D eigenvalue weighted by molar-refractivity contribution is 0.248. The molecule has 132 valence electrons. The van der Waals surface area contributed by atoms with Gasteiger partial charge in [-0.05, 0) is 33.5 Å². The van der Waals surface area contributed by atoms with Crippen molar-refractivity contribution < 1.29 is 5.11 Å². The molecule has 0 amide bonds. The first-order valence-corrected chi connectivity index (χ1v) is 8.79. The number of nitrogens with one attached hydrogen (secondary N) is 2. The molecular weight excluding hydrogens is 386 g/mol. The van der Waals surface area contributed by atoms with Crippen LogP contribution in [0.3, 0.4) is 0 Å². The summed E-state index contributed by atoms with van der Waals surface area (Å²) in [5, 5.41) is 20.3. The fourth-order valence-corrected chi connectivity index (χ4v) is 2.65. The molecule has 0 aliphatic heterocycles. The largest absolute Gasteiger partial charge is 0.394 e. The molecule has 8 nitrogen and oxygen atoms in total. The summed E-state index contributed by atoms with van der Waals surface area (Å²) in [7, 11) is 0. The number of halogens is 1. The Morgan fingerprint density at radius 1 is 1.28 bits per heavy atom. The van der Waals surface area contributed by atoms with E-state index in [1.807, 2.05) is 26.0 Å². The molecule has 0 aromatic carbocycles. The quantitative estimate of drug-likeness (QED) is 0.554. The Labute approximate surface area is 153 Å². The van der Waals surface area contributed by atoms with Gasteiger partial charge in [-0.25, -0.2) is 0 Å². The van der Waals surface area contributed by atoms with Crippen LogP contribution in [0.15, 0.2) is 35.2 Å². The van der Waals surface area contributed by atoms with Crippen LogP contribution in [0.2, 0.25) is 0 Å². The molecular formula is C16H20BrN7O. The molecule has 0 aliphatic rings. The smallest absolute Gasteiger partial charge is 0.229 e. The highest BCUT2D eigenvalue weighted by Gasteiger charge is 2.16. The van der Waals surface area contributed by atoms with E-state index < -0.39 is 0 Å². The number of hydrogen-bond acceptors (Lipinski definition) is 7. The topological polar surface area (TPSA) is 100 Å². The molecule has 0 saturated carbocycles. The Bertz CT molecular complexity index is 837. The summed E-state index contributed by atoms with van der Waals surface area (Å²) in [6, 6.07) is 3.74. The Morgan fingerprint density at radius 2 is 2.12 bits per heavy atom. The van der Waals surface area contributed by atoms with Crippen LogP contribution >= 0.6 is 15.9 Å². The van der Waals surface area contributed by atoms with Crippen LogP contribution in [0.25, 0.3) is 5.65 Å². The van der Waals surface area contributed by atoms with Crippen molar-refractivity contribution in [3.8, 4) is 0 Å². The molecule has 0 radical (unpaired) electrons. The van der Waals surface area contributed by atoms with Crippen molar-refractivity contribution in [1.82, 2.24) is 24.6 Å². The molecule has 0 spiro atoms. The Balaban J connectivity index is 1.90. The SMILES string of the molecule is CC(C)[C@H](CO)Nc1nc(NCc2cccnc2)n2ncc(Br)c2n1. The normalized spacial score (nSPS) is 12.5. The standard InChI is InChI=1S/C16H20BrN7O/c1-10(2)13(9-25)21-15-22-14-12(17)8-20-24(14)16(23-15)19-7-11-4-3-5-18-6-11/h3-6,8,10,13,25H,7,9H2,1-2H3,(H2,19,21,22,23)/t13-/m0/s1. The van der Waals surface area contributed by atoms with Crippen LogP contribution in [0, 0.1) is 5.92 Å². The monoisotopic (exact) mass is 405 g/mol. The second kappa shape index (κ2) is 7.75. The summed E-state index contributed by atoms with van der Waals surface area (Å²) in [5.74, 6) is 1.24. The van der Waals surface area contributed by atoms with Gasteiger partial charge in [0.25, 0.3) is 0 Å². The van der Waals surface area contributed by atoms with E-state index in [-0.39, 0.29) is 18.6 Å². The summed E-state index contributed by atoms with van der Waals surface area (Å²) in [5.41, 5.74) is 1.68. The number of aromatic nitrogens is 5. The molecule has 0 unspecified atom stereocenters. The van der Waals surface area contributed by atoms with Crippen molar-refractivity contribution in [3.63, 3.8) is 0 Å². The molecule has 0 bridgehead atoms. The minimum absolute atomic E-state index is 0.00504. The Morgan fingerprint density at radius 3 is 2.80 bits per heavy atom. The first kappa shape index (κ1) is 17.6. The molecule has 3 aromatic rings. The van der Waals surface area contributed by atoms with Crippen molar-refractivity contribution >= 4 is 33.5 Å². The van der Waals surface area contributed by atoms with E-state index in [0.717, 1.165) is 10.0 Å². The van der Waals surface area contributed by atoms with E-state index in [2.05, 4.69) is 46.6 Å². The number of pyridine rings is 1. The molecule has 0 saturated heterocycles. The molecule has 9 heteroatoms. The van der Waals surface area contributed by atoms with E-state index >= 15 is 0 Å². The molecule has 3 N–H and O–H groups in total. The van der Waals surface area contributed by atoms with E-state index in [0.29, 0.717) is 24.1 Å². The number of aliphatic hydroxyl groups excluding tert-OH is 1. The van der Waals surface area contributed by atoms with Crippen LogP contribution in [0.5, 0.6) is 0 Å². The molecule has 25 heavy (non-hydrogen) atoms. The third kappa shape index (κ3) is 4.05. The van der Waals surface area contributed by atoms with Gasteiger partial charge in [0.2, 0.25) is 11.9 Å². The molecule has 0 aliphatic carbocycles. The second-order valence-corrected chi connectivity index (χ2v) is 6.85. The minimum atomic E-state index is -0.129. The highest BCUT2D eigenvalue weighted by molar-refractivity contribution is 9.10. The number of aliphatic hydroxyl groups is 1. The molecule has 1 atom stereocenters. The summed E-state index contributed by atoms with van der Waals surface area (Å²) in [6.07, 6.45) is 5.21. The number of anilines is 2. The number of hydrogen-bond donors (Lipinski definition) is 3. The molecule has 0 fully saturated rings. The van der Waals surface area contributed by atoms with Crippen molar-refractivity contribution in [3.05, 3.63) is 40.8 Å². The van der Waals surface area contributed by atoms with Gasteiger partial charge in [0.05, 0.1) is 23.3 Å². The lowest BCUT2D eigenvalue weighted by Crippen LogP contribution is -2.30. The first-order valence-electron chi connectivity index (χ1n) is 8.00. The third-order valence-corrected chi connectivity index (χ3v) is 4.37. The van der Waals surface area contributed by atoms with Gasteiger partial charge in [-0.15, -0.1) is 0 Å². The third-order valence-electron chi connectivity index (χ3n) is 3.81. The Hall–Kier alpha value is -2.26. The van der Waals surface area contributed by atoms with Gasteiger partial charge in [-0.3, -0.25) is 4.98 Å². The maximum atomic E-state index is 9.54. The second-order valence-electron chi connectivity index (χ2n) is 5.99. The number of rotatable bonds is 7.